The number of fused-ring (bicyclic) bond motifs is 1. The van der Waals surface area contributed by atoms with Gasteiger partial charge in [0.25, 0.3) is 17.2 Å². The van der Waals surface area contributed by atoms with E-state index in [1.54, 1.807) is 30.3 Å². The zero-order valence-electron chi connectivity index (χ0n) is 18.5. The van der Waals surface area contributed by atoms with Crippen LogP contribution in [0.1, 0.15) is 18.2 Å². The van der Waals surface area contributed by atoms with Gasteiger partial charge in [-0.25, -0.2) is 0 Å². The molecule has 0 saturated heterocycles. The summed E-state index contributed by atoms with van der Waals surface area (Å²) in [5.41, 5.74) is 2.21. The Hall–Kier alpha value is -4.64. The van der Waals surface area contributed by atoms with Crippen molar-refractivity contribution in [2.75, 3.05) is 0 Å². The van der Waals surface area contributed by atoms with Gasteiger partial charge in [0.15, 0.2) is 5.82 Å². The average molecular weight is 490 g/mol. The Balaban J connectivity index is 0.000000672. The van der Waals surface area contributed by atoms with Crippen molar-refractivity contribution < 1.29 is 19.2 Å². The lowest BCUT2D eigenvalue weighted by Crippen LogP contribution is -2.23. The molecule has 0 unspecified atom stereocenters. The summed E-state index contributed by atoms with van der Waals surface area (Å²) in [7, 11) is 0. The normalized spacial score (nSPS) is 11.3. The van der Waals surface area contributed by atoms with Crippen LogP contribution in [0.25, 0.3) is 33.7 Å². The molecule has 0 radical (unpaired) electrons. The molecule has 10 nitrogen and oxygen atoms in total. The van der Waals surface area contributed by atoms with E-state index in [4.69, 9.17) is 14.3 Å². The summed E-state index contributed by atoms with van der Waals surface area (Å²) in [5, 5.41) is 22.8. The second-order valence-corrected chi connectivity index (χ2v) is 8.40. The molecule has 3 heterocycles. The highest BCUT2D eigenvalue weighted by atomic mass is 32.1. The first-order valence-corrected chi connectivity index (χ1v) is 11.1. The molecule has 5 aromatic rings. The first kappa shape index (κ1) is 23.5. The highest BCUT2D eigenvalue weighted by molar-refractivity contribution is 7.15. The number of aryl methyl sites for hydroxylation is 1. The van der Waals surface area contributed by atoms with Crippen molar-refractivity contribution in [2.24, 2.45) is 0 Å². The molecule has 5 rings (SSSR count). The SMILES string of the molecule is CC(=O)O.Cc1ccccc1-c1nc2s/c(=C\c3ccc(-c4cccc([N+](=O)[O-])c4)o3)c(=O)n2n1. The largest absolute Gasteiger partial charge is 0.481 e. The van der Waals surface area contributed by atoms with Crippen LogP contribution in [0.3, 0.4) is 0 Å². The highest BCUT2D eigenvalue weighted by Gasteiger charge is 2.14. The number of hydrogen-bond acceptors (Lipinski definition) is 8. The molecule has 176 valence electrons. The van der Waals surface area contributed by atoms with E-state index in [-0.39, 0.29) is 11.2 Å². The second-order valence-electron chi connectivity index (χ2n) is 7.39. The van der Waals surface area contributed by atoms with E-state index in [9.17, 15) is 14.9 Å². The number of carbonyl (C=O) groups is 1. The van der Waals surface area contributed by atoms with Crippen LogP contribution in [-0.2, 0) is 4.79 Å². The molecule has 35 heavy (non-hydrogen) atoms. The Bertz CT molecular complexity index is 1660. The van der Waals surface area contributed by atoms with Crippen molar-refractivity contribution >= 4 is 34.0 Å². The molecule has 0 aliphatic rings. The van der Waals surface area contributed by atoms with Crippen LogP contribution in [0.2, 0.25) is 0 Å². The zero-order chi connectivity index (χ0) is 25.1. The van der Waals surface area contributed by atoms with Crippen molar-refractivity contribution in [1.82, 2.24) is 14.6 Å². The quantitative estimate of drug-likeness (QED) is 0.295. The number of carboxylic acids is 1. The minimum absolute atomic E-state index is 0.0173. The zero-order valence-corrected chi connectivity index (χ0v) is 19.4. The van der Waals surface area contributed by atoms with E-state index in [0.29, 0.717) is 32.4 Å². The Morgan fingerprint density at radius 2 is 1.91 bits per heavy atom. The number of carboxylic acid groups (broad SMARTS) is 1. The van der Waals surface area contributed by atoms with Gasteiger partial charge in [-0.1, -0.05) is 47.7 Å². The molecule has 1 N–H and O–H groups in total. The van der Waals surface area contributed by atoms with Gasteiger partial charge in [0.2, 0.25) is 4.96 Å². The van der Waals surface area contributed by atoms with Crippen molar-refractivity contribution in [2.45, 2.75) is 13.8 Å². The third-order valence-electron chi connectivity index (χ3n) is 4.81. The average Bonchev–Trinajstić information content (AvgIpc) is 3.51. The van der Waals surface area contributed by atoms with E-state index >= 15 is 0 Å². The summed E-state index contributed by atoms with van der Waals surface area (Å²) >= 11 is 1.22. The molecule has 0 aliphatic heterocycles. The van der Waals surface area contributed by atoms with Gasteiger partial charge in [-0.15, -0.1) is 5.10 Å². The number of rotatable bonds is 4. The predicted molar refractivity (Wildman–Crippen MR) is 130 cm³/mol. The summed E-state index contributed by atoms with van der Waals surface area (Å²) in [6.45, 7) is 3.05. The van der Waals surface area contributed by atoms with Crippen molar-refractivity contribution in [3.8, 4) is 22.7 Å². The van der Waals surface area contributed by atoms with Crippen LogP contribution < -0.4 is 10.1 Å². The second kappa shape index (κ2) is 9.69. The van der Waals surface area contributed by atoms with Gasteiger partial charge in [0.1, 0.15) is 16.1 Å². The lowest BCUT2D eigenvalue weighted by Gasteiger charge is -1.98. The molecule has 0 amide bonds. The molecule has 0 atom stereocenters. The summed E-state index contributed by atoms with van der Waals surface area (Å²) in [6, 6.07) is 17.3. The fourth-order valence-electron chi connectivity index (χ4n) is 3.26. The van der Waals surface area contributed by atoms with Crippen LogP contribution in [0, 0.1) is 17.0 Å². The lowest BCUT2D eigenvalue weighted by molar-refractivity contribution is -0.384. The fourth-order valence-corrected chi connectivity index (χ4v) is 4.15. The molecule has 0 bridgehead atoms. The van der Waals surface area contributed by atoms with E-state index < -0.39 is 10.9 Å². The minimum atomic E-state index is -0.833. The van der Waals surface area contributed by atoms with Crippen molar-refractivity contribution in [3.63, 3.8) is 0 Å². The van der Waals surface area contributed by atoms with Crippen LogP contribution in [0.4, 0.5) is 5.69 Å². The van der Waals surface area contributed by atoms with Gasteiger partial charge in [0, 0.05) is 36.3 Å². The van der Waals surface area contributed by atoms with Gasteiger partial charge in [0.05, 0.1) is 4.92 Å². The number of aromatic nitrogens is 3. The predicted octanol–water partition coefficient (Wildman–Crippen LogP) is 3.93. The monoisotopic (exact) mass is 490 g/mol. The summed E-state index contributed by atoms with van der Waals surface area (Å²) in [6.07, 6.45) is 1.62. The molecular weight excluding hydrogens is 472 g/mol. The third kappa shape index (κ3) is 5.14. The van der Waals surface area contributed by atoms with Gasteiger partial charge >= 0.3 is 0 Å². The maximum absolute atomic E-state index is 12.8. The molecule has 0 spiro atoms. The Labute approximate surface area is 201 Å². The number of nitrogens with zero attached hydrogens (tertiary/aromatic N) is 4. The summed E-state index contributed by atoms with van der Waals surface area (Å²) in [4.78, 5) is 37.3. The number of thiazole rings is 1. The molecule has 2 aromatic carbocycles. The van der Waals surface area contributed by atoms with Crippen LogP contribution in [-0.4, -0.2) is 30.6 Å². The van der Waals surface area contributed by atoms with E-state index in [2.05, 4.69) is 10.1 Å². The first-order chi connectivity index (χ1) is 16.7. The fraction of sp³-hybridized carbons (Fsp3) is 0.0833. The van der Waals surface area contributed by atoms with Crippen molar-refractivity contribution in [3.05, 3.63) is 97.0 Å². The lowest BCUT2D eigenvalue weighted by atomic mass is 10.1. The number of aliphatic carboxylic acids is 1. The maximum Gasteiger partial charge on any atom is 0.300 e. The highest BCUT2D eigenvalue weighted by Crippen LogP contribution is 2.26. The third-order valence-corrected chi connectivity index (χ3v) is 5.77. The number of benzene rings is 2. The standard InChI is InChI=1S/C22H14N4O4S.C2H4O2/c1-13-5-2-3-8-17(13)20-23-22-25(24-20)21(27)19(31-22)12-16-9-10-18(30-16)14-6-4-7-15(11-14)26(28)29;1-2(3)4/h2-12H,1H3;1H3,(H,3,4)/b19-12-;. The minimum Gasteiger partial charge on any atom is -0.481 e. The van der Waals surface area contributed by atoms with Crippen LogP contribution >= 0.6 is 11.3 Å². The number of non-ortho nitro benzene ring substituents is 1. The van der Waals surface area contributed by atoms with Gasteiger partial charge in [-0.05, 0) is 24.6 Å². The molecule has 3 aromatic heterocycles. The molecule has 11 heteroatoms. The molecule has 0 saturated carbocycles. The summed E-state index contributed by atoms with van der Waals surface area (Å²) < 4.78 is 7.51. The molecular formula is C24H18N4O6S. The maximum atomic E-state index is 12.8. The topological polar surface area (TPSA) is 141 Å². The van der Waals surface area contributed by atoms with Gasteiger partial charge in [-0.2, -0.15) is 9.50 Å². The Morgan fingerprint density at radius 1 is 1.17 bits per heavy atom. The van der Waals surface area contributed by atoms with Crippen molar-refractivity contribution in [1.29, 1.82) is 0 Å². The van der Waals surface area contributed by atoms with Crippen LogP contribution in [0.5, 0.6) is 0 Å². The van der Waals surface area contributed by atoms with E-state index in [1.165, 1.54) is 28.0 Å². The van der Waals surface area contributed by atoms with E-state index in [1.807, 2.05) is 31.2 Å². The number of nitro groups is 1. The Kier molecular flexibility index (Phi) is 6.51. The van der Waals surface area contributed by atoms with Gasteiger partial charge < -0.3 is 9.52 Å². The molecule has 0 fully saturated rings. The number of nitro benzene ring substituents is 1. The Morgan fingerprint density at radius 3 is 2.60 bits per heavy atom. The van der Waals surface area contributed by atoms with Crippen LogP contribution in [0.15, 0.2) is 69.9 Å². The molecule has 0 aliphatic carbocycles. The number of furan rings is 1. The van der Waals surface area contributed by atoms with E-state index in [0.717, 1.165) is 18.1 Å². The smallest absolute Gasteiger partial charge is 0.300 e. The van der Waals surface area contributed by atoms with Gasteiger partial charge in [-0.3, -0.25) is 19.7 Å². The first-order valence-electron chi connectivity index (χ1n) is 10.2. The summed E-state index contributed by atoms with van der Waals surface area (Å²) in [5.74, 6) is 0.616. The number of hydrogen-bond donors (Lipinski definition) is 1.